The van der Waals surface area contributed by atoms with Crippen LogP contribution in [0.4, 0.5) is 0 Å². The number of carbonyl (C=O) groups excluding carboxylic acids is 1. The summed E-state index contributed by atoms with van der Waals surface area (Å²) in [7, 11) is 0. The van der Waals surface area contributed by atoms with Crippen LogP contribution in [-0.4, -0.2) is 16.9 Å². The van der Waals surface area contributed by atoms with E-state index in [1.54, 1.807) is 0 Å². The van der Waals surface area contributed by atoms with Gasteiger partial charge in [-0.15, -0.1) is 0 Å². The standard InChI is InChI=1S/C6H8O3/c1-5(7)3-2-4-6(8)9/h2,4H,3H2,1H3,(H,8,9)/b4-2+. The van der Waals surface area contributed by atoms with Crippen molar-refractivity contribution >= 4 is 11.8 Å². The van der Waals surface area contributed by atoms with Gasteiger partial charge in [-0.1, -0.05) is 6.08 Å². The van der Waals surface area contributed by atoms with Crippen LogP contribution in [0.15, 0.2) is 12.2 Å². The van der Waals surface area contributed by atoms with Crippen LogP contribution in [0, 0.1) is 0 Å². The molecule has 0 bridgehead atoms. The van der Waals surface area contributed by atoms with Crippen molar-refractivity contribution in [1.82, 2.24) is 0 Å². The summed E-state index contributed by atoms with van der Waals surface area (Å²) in [5.74, 6) is -1.05. The van der Waals surface area contributed by atoms with Crippen LogP contribution in [0.5, 0.6) is 0 Å². The van der Waals surface area contributed by atoms with Gasteiger partial charge in [0, 0.05) is 12.5 Å². The molecular formula is C6H8O3. The number of ketones is 1. The van der Waals surface area contributed by atoms with Crippen molar-refractivity contribution in [2.24, 2.45) is 0 Å². The zero-order valence-corrected chi connectivity index (χ0v) is 5.13. The van der Waals surface area contributed by atoms with E-state index in [4.69, 9.17) is 5.11 Å². The molecule has 9 heavy (non-hydrogen) atoms. The quantitative estimate of drug-likeness (QED) is 0.566. The Bertz CT molecular complexity index is 146. The van der Waals surface area contributed by atoms with Gasteiger partial charge in [-0.25, -0.2) is 4.79 Å². The van der Waals surface area contributed by atoms with Gasteiger partial charge in [0.25, 0.3) is 0 Å². The highest BCUT2D eigenvalue weighted by Gasteiger charge is 1.87. The molecule has 50 valence electrons. The summed E-state index contributed by atoms with van der Waals surface area (Å²) in [6, 6.07) is 0. The fourth-order valence-corrected chi connectivity index (χ4v) is 0.326. The molecule has 0 saturated heterocycles. The molecule has 0 aromatic rings. The molecule has 0 aliphatic rings. The molecule has 0 rings (SSSR count). The SMILES string of the molecule is CC(=O)C/C=C/C(=O)O. The Morgan fingerprint density at radius 3 is 2.44 bits per heavy atom. The maximum absolute atomic E-state index is 10.2. The van der Waals surface area contributed by atoms with E-state index >= 15 is 0 Å². The highest BCUT2D eigenvalue weighted by Crippen LogP contribution is 1.83. The first-order chi connectivity index (χ1) is 4.13. The number of hydrogen-bond acceptors (Lipinski definition) is 2. The molecule has 0 aromatic carbocycles. The first-order valence-electron chi connectivity index (χ1n) is 2.52. The predicted octanol–water partition coefficient (Wildman–Crippen LogP) is 0.606. The largest absolute Gasteiger partial charge is 0.478 e. The van der Waals surface area contributed by atoms with Gasteiger partial charge < -0.3 is 5.11 Å². The van der Waals surface area contributed by atoms with Crippen molar-refractivity contribution in [2.45, 2.75) is 13.3 Å². The molecule has 0 fully saturated rings. The van der Waals surface area contributed by atoms with Gasteiger partial charge in [0.05, 0.1) is 0 Å². The monoisotopic (exact) mass is 128 g/mol. The Morgan fingerprint density at radius 2 is 2.11 bits per heavy atom. The Kier molecular flexibility index (Phi) is 3.35. The van der Waals surface area contributed by atoms with E-state index in [-0.39, 0.29) is 12.2 Å². The van der Waals surface area contributed by atoms with Crippen molar-refractivity contribution in [1.29, 1.82) is 0 Å². The average Bonchev–Trinajstić information content (AvgIpc) is 1.63. The molecule has 0 amide bonds. The number of carbonyl (C=O) groups is 2. The van der Waals surface area contributed by atoms with Gasteiger partial charge in [-0.05, 0) is 6.92 Å². The molecular weight excluding hydrogens is 120 g/mol. The number of carboxylic acid groups (broad SMARTS) is 1. The van der Waals surface area contributed by atoms with Gasteiger partial charge >= 0.3 is 5.97 Å². The second-order valence-corrected chi connectivity index (χ2v) is 1.65. The zero-order chi connectivity index (χ0) is 7.28. The minimum Gasteiger partial charge on any atom is -0.478 e. The smallest absolute Gasteiger partial charge is 0.327 e. The van der Waals surface area contributed by atoms with Crippen LogP contribution in [0.25, 0.3) is 0 Å². The van der Waals surface area contributed by atoms with Gasteiger partial charge in [-0.2, -0.15) is 0 Å². The maximum atomic E-state index is 10.2. The summed E-state index contributed by atoms with van der Waals surface area (Å²) in [6.07, 6.45) is 2.48. The Morgan fingerprint density at radius 1 is 1.56 bits per heavy atom. The van der Waals surface area contributed by atoms with E-state index in [1.165, 1.54) is 13.0 Å². The minimum absolute atomic E-state index is 0.0347. The first-order valence-corrected chi connectivity index (χ1v) is 2.52. The Balaban J connectivity index is 3.48. The number of rotatable bonds is 3. The number of Topliss-reactive ketones (excluding diaryl/α,β-unsaturated/α-hetero) is 1. The average molecular weight is 128 g/mol. The van der Waals surface area contributed by atoms with Gasteiger partial charge in [0.1, 0.15) is 5.78 Å². The second kappa shape index (κ2) is 3.83. The third kappa shape index (κ3) is 6.88. The summed E-state index contributed by atoms with van der Waals surface area (Å²) in [6.45, 7) is 1.41. The normalized spacial score (nSPS) is 9.89. The zero-order valence-electron chi connectivity index (χ0n) is 5.13. The Hall–Kier alpha value is -1.12. The lowest BCUT2D eigenvalue weighted by molar-refractivity contribution is -0.131. The lowest BCUT2D eigenvalue weighted by atomic mass is 10.3. The van der Waals surface area contributed by atoms with Crippen LogP contribution < -0.4 is 0 Å². The van der Waals surface area contributed by atoms with Crippen LogP contribution in [0.2, 0.25) is 0 Å². The summed E-state index contributed by atoms with van der Waals surface area (Å²) >= 11 is 0. The summed E-state index contributed by atoms with van der Waals surface area (Å²) in [4.78, 5) is 20.0. The van der Waals surface area contributed by atoms with Gasteiger partial charge in [-0.3, -0.25) is 4.79 Å². The molecule has 0 spiro atoms. The molecule has 0 aromatic heterocycles. The highest BCUT2D eigenvalue weighted by atomic mass is 16.4. The van der Waals surface area contributed by atoms with Crippen LogP contribution in [0.1, 0.15) is 13.3 Å². The number of hydrogen-bond donors (Lipinski definition) is 1. The molecule has 0 saturated carbocycles. The number of carboxylic acids is 1. The topological polar surface area (TPSA) is 54.4 Å². The lowest BCUT2D eigenvalue weighted by Crippen LogP contribution is -1.89. The fraction of sp³-hybridized carbons (Fsp3) is 0.333. The maximum Gasteiger partial charge on any atom is 0.327 e. The lowest BCUT2D eigenvalue weighted by Gasteiger charge is -1.80. The van der Waals surface area contributed by atoms with E-state index in [9.17, 15) is 9.59 Å². The first kappa shape index (κ1) is 7.88. The third-order valence-electron chi connectivity index (χ3n) is 0.666. The van der Waals surface area contributed by atoms with Crippen LogP contribution >= 0.6 is 0 Å². The van der Waals surface area contributed by atoms with Crippen molar-refractivity contribution in [3.8, 4) is 0 Å². The minimum atomic E-state index is -1.02. The molecule has 0 aliphatic carbocycles. The van der Waals surface area contributed by atoms with E-state index in [0.717, 1.165) is 6.08 Å². The van der Waals surface area contributed by atoms with E-state index in [0.29, 0.717) is 0 Å². The molecule has 0 unspecified atom stereocenters. The summed E-state index contributed by atoms with van der Waals surface area (Å²) in [5, 5.41) is 8.03. The van der Waals surface area contributed by atoms with E-state index in [1.807, 2.05) is 0 Å². The van der Waals surface area contributed by atoms with Crippen molar-refractivity contribution in [3.63, 3.8) is 0 Å². The highest BCUT2D eigenvalue weighted by molar-refractivity contribution is 5.82. The summed E-state index contributed by atoms with van der Waals surface area (Å²) < 4.78 is 0. The Labute approximate surface area is 53.0 Å². The molecule has 3 nitrogen and oxygen atoms in total. The van der Waals surface area contributed by atoms with Crippen LogP contribution in [0.3, 0.4) is 0 Å². The van der Waals surface area contributed by atoms with E-state index in [2.05, 4.69) is 0 Å². The summed E-state index contributed by atoms with van der Waals surface area (Å²) in [5.41, 5.74) is 0. The second-order valence-electron chi connectivity index (χ2n) is 1.65. The molecule has 1 N–H and O–H groups in total. The molecule has 3 heteroatoms. The predicted molar refractivity (Wildman–Crippen MR) is 32.1 cm³/mol. The van der Waals surface area contributed by atoms with Crippen molar-refractivity contribution in [3.05, 3.63) is 12.2 Å². The third-order valence-corrected chi connectivity index (χ3v) is 0.666. The van der Waals surface area contributed by atoms with Gasteiger partial charge in [0.15, 0.2) is 0 Å². The fourth-order valence-electron chi connectivity index (χ4n) is 0.326. The molecule has 0 heterocycles. The van der Waals surface area contributed by atoms with Crippen molar-refractivity contribution in [2.75, 3.05) is 0 Å². The van der Waals surface area contributed by atoms with E-state index < -0.39 is 5.97 Å². The molecule has 0 radical (unpaired) electrons. The number of aliphatic carboxylic acids is 1. The number of allylic oxidation sites excluding steroid dienone is 1. The van der Waals surface area contributed by atoms with Crippen molar-refractivity contribution < 1.29 is 14.7 Å². The molecule has 0 atom stereocenters. The van der Waals surface area contributed by atoms with Crippen LogP contribution in [-0.2, 0) is 9.59 Å². The van der Waals surface area contributed by atoms with Gasteiger partial charge in [0.2, 0.25) is 0 Å². The molecule has 0 aliphatic heterocycles.